The average molecular weight is 247 g/mol. The fraction of sp³-hybridized carbons (Fsp3) is 0.0833. The SMILES string of the molecule is O=C1CS(=O)(=O)c2cccccc3cc-3c2N1. The van der Waals surface area contributed by atoms with Crippen molar-refractivity contribution in [3.63, 3.8) is 0 Å². The maximum Gasteiger partial charge on any atom is 0.240 e. The van der Waals surface area contributed by atoms with Gasteiger partial charge in [-0.25, -0.2) is 8.42 Å². The van der Waals surface area contributed by atoms with E-state index in [0.29, 0.717) is 5.69 Å². The quantitative estimate of drug-likeness (QED) is 0.767. The molecule has 2 aliphatic carbocycles. The second kappa shape index (κ2) is 3.30. The zero-order valence-electron chi connectivity index (χ0n) is 8.80. The fourth-order valence-electron chi connectivity index (χ4n) is 1.87. The second-order valence-electron chi connectivity index (χ2n) is 3.97. The van der Waals surface area contributed by atoms with Crippen LogP contribution in [0.25, 0.3) is 11.1 Å². The molecule has 1 N–H and O–H groups in total. The largest absolute Gasteiger partial charge is 0.324 e. The van der Waals surface area contributed by atoms with Crippen molar-refractivity contribution < 1.29 is 13.2 Å². The number of hydrogen-bond donors (Lipinski definition) is 1. The van der Waals surface area contributed by atoms with Crippen LogP contribution in [-0.4, -0.2) is 20.1 Å². The van der Waals surface area contributed by atoms with Crippen LogP contribution in [0, 0.1) is 0 Å². The monoisotopic (exact) mass is 247 g/mol. The van der Waals surface area contributed by atoms with Gasteiger partial charge in [-0.15, -0.1) is 0 Å². The van der Waals surface area contributed by atoms with Gasteiger partial charge in [0.2, 0.25) is 5.91 Å². The number of sulfone groups is 1. The lowest BCUT2D eigenvalue weighted by Crippen LogP contribution is -2.28. The number of hydrogen-bond acceptors (Lipinski definition) is 3. The lowest BCUT2D eigenvalue weighted by molar-refractivity contribution is -0.114. The maximum absolute atomic E-state index is 11.9. The topological polar surface area (TPSA) is 63.2 Å². The summed E-state index contributed by atoms with van der Waals surface area (Å²) in [5.41, 5.74) is 2.16. The zero-order chi connectivity index (χ0) is 12.0. The van der Waals surface area contributed by atoms with Crippen molar-refractivity contribution in [2.24, 2.45) is 0 Å². The van der Waals surface area contributed by atoms with Crippen molar-refractivity contribution >= 4 is 21.4 Å². The van der Waals surface area contributed by atoms with Gasteiger partial charge >= 0.3 is 0 Å². The molecule has 0 spiro atoms. The fourth-order valence-corrected chi connectivity index (χ4v) is 3.20. The summed E-state index contributed by atoms with van der Waals surface area (Å²) in [6.07, 6.45) is 0. The molecule has 0 radical (unpaired) electrons. The van der Waals surface area contributed by atoms with Crippen LogP contribution >= 0.6 is 0 Å². The Morgan fingerprint density at radius 3 is 2.71 bits per heavy atom. The Labute approximate surface area is 98.5 Å². The Hall–Kier alpha value is -1.88. The number of anilines is 1. The summed E-state index contributed by atoms with van der Waals surface area (Å²) < 4.78 is 23.9. The third-order valence-electron chi connectivity index (χ3n) is 2.71. The zero-order valence-corrected chi connectivity index (χ0v) is 9.62. The molecular weight excluding hydrogens is 238 g/mol. The summed E-state index contributed by atoms with van der Waals surface area (Å²) in [5.74, 6) is -0.955. The molecule has 0 aromatic rings. The van der Waals surface area contributed by atoms with Crippen LogP contribution in [0.1, 0.15) is 0 Å². The van der Waals surface area contributed by atoms with E-state index in [1.54, 1.807) is 12.1 Å². The molecule has 0 fully saturated rings. The Morgan fingerprint density at radius 2 is 1.88 bits per heavy atom. The van der Waals surface area contributed by atoms with E-state index in [0.717, 1.165) is 11.1 Å². The summed E-state index contributed by atoms with van der Waals surface area (Å²) in [6.45, 7) is 0. The van der Waals surface area contributed by atoms with Crippen molar-refractivity contribution in [1.82, 2.24) is 0 Å². The predicted octanol–water partition coefficient (Wildman–Crippen LogP) is 1.52. The molecule has 4 nitrogen and oxygen atoms in total. The molecular formula is C12H9NO3S. The highest BCUT2D eigenvalue weighted by Gasteiger charge is 2.31. The van der Waals surface area contributed by atoms with E-state index >= 15 is 0 Å². The van der Waals surface area contributed by atoms with Crippen molar-refractivity contribution in [3.05, 3.63) is 36.4 Å². The molecule has 0 atom stereocenters. The first kappa shape index (κ1) is 10.3. The van der Waals surface area contributed by atoms with Crippen molar-refractivity contribution in [1.29, 1.82) is 0 Å². The summed E-state index contributed by atoms with van der Waals surface area (Å²) >= 11 is 0. The van der Waals surface area contributed by atoms with Gasteiger partial charge in [0.25, 0.3) is 0 Å². The molecule has 0 aromatic carbocycles. The second-order valence-corrected chi connectivity index (χ2v) is 5.93. The molecule has 0 saturated heterocycles. The summed E-state index contributed by atoms with van der Waals surface area (Å²) in [5, 5.41) is 2.63. The van der Waals surface area contributed by atoms with E-state index in [1.165, 1.54) is 6.07 Å². The van der Waals surface area contributed by atoms with Crippen LogP contribution in [-0.2, 0) is 14.6 Å². The molecule has 17 heavy (non-hydrogen) atoms. The molecule has 3 rings (SSSR count). The average Bonchev–Trinajstić information content (AvgIpc) is 2.97. The molecule has 86 valence electrons. The number of fused-ring (bicyclic) bond motifs is 3. The van der Waals surface area contributed by atoms with Gasteiger partial charge < -0.3 is 5.32 Å². The first-order chi connectivity index (χ1) is 8.08. The predicted molar refractivity (Wildman–Crippen MR) is 63.7 cm³/mol. The molecule has 1 aliphatic heterocycles. The first-order valence-corrected chi connectivity index (χ1v) is 6.77. The molecule has 0 aromatic heterocycles. The van der Waals surface area contributed by atoms with Crippen LogP contribution in [0.4, 0.5) is 5.69 Å². The van der Waals surface area contributed by atoms with Crippen molar-refractivity contribution in [2.75, 3.05) is 11.1 Å². The molecule has 1 amide bonds. The highest BCUT2D eigenvalue weighted by atomic mass is 32.2. The van der Waals surface area contributed by atoms with E-state index in [9.17, 15) is 13.2 Å². The summed E-state index contributed by atoms with van der Waals surface area (Å²) in [7, 11) is -3.52. The lowest BCUT2D eigenvalue weighted by atomic mass is 10.3. The Kier molecular flexibility index (Phi) is 2.00. The number of amides is 1. The Morgan fingerprint density at radius 1 is 1.12 bits per heavy atom. The van der Waals surface area contributed by atoms with E-state index in [1.807, 2.05) is 18.2 Å². The van der Waals surface area contributed by atoms with E-state index < -0.39 is 21.5 Å². The minimum absolute atomic E-state index is 0.193. The lowest BCUT2D eigenvalue weighted by Gasteiger charge is -2.15. The van der Waals surface area contributed by atoms with Gasteiger partial charge in [0.05, 0.1) is 10.6 Å². The van der Waals surface area contributed by atoms with E-state index in [-0.39, 0.29) is 4.90 Å². The van der Waals surface area contributed by atoms with Gasteiger partial charge in [-0.3, -0.25) is 4.79 Å². The molecule has 5 heteroatoms. The van der Waals surface area contributed by atoms with Gasteiger partial charge in [-0.1, -0.05) is 24.3 Å². The van der Waals surface area contributed by atoms with Crippen LogP contribution in [0.5, 0.6) is 0 Å². The van der Waals surface area contributed by atoms with Gasteiger partial charge in [-0.05, 0) is 17.7 Å². The maximum atomic E-state index is 11.9. The molecule has 0 saturated carbocycles. The molecule has 0 unspecified atom stereocenters. The Balaban J connectivity index is 2.36. The molecule has 1 heterocycles. The third-order valence-corrected chi connectivity index (χ3v) is 4.36. The number of carbonyl (C=O) groups is 1. The van der Waals surface area contributed by atoms with Crippen LogP contribution in [0.15, 0.2) is 41.3 Å². The van der Waals surface area contributed by atoms with Crippen LogP contribution in [0.3, 0.4) is 0 Å². The van der Waals surface area contributed by atoms with E-state index in [4.69, 9.17) is 0 Å². The molecule has 0 bridgehead atoms. The van der Waals surface area contributed by atoms with Gasteiger partial charge in [0, 0.05) is 5.56 Å². The minimum atomic E-state index is -3.52. The standard InChI is InChI=1S/C12H9NO3S/c14-11-7-17(15,16)10-5-3-1-2-4-8-6-9(8)12(10)13-11/h1-6H,7H2,(H,13,14). The smallest absolute Gasteiger partial charge is 0.240 e. The summed E-state index contributed by atoms with van der Waals surface area (Å²) in [6, 6.07) is 10.5. The van der Waals surface area contributed by atoms with Gasteiger partial charge in [-0.2, -0.15) is 0 Å². The summed E-state index contributed by atoms with van der Waals surface area (Å²) in [4.78, 5) is 11.6. The van der Waals surface area contributed by atoms with Gasteiger partial charge in [0.1, 0.15) is 5.75 Å². The highest BCUT2D eigenvalue weighted by molar-refractivity contribution is 7.92. The third kappa shape index (κ3) is 1.68. The number of carbonyl (C=O) groups excluding carboxylic acids is 1. The van der Waals surface area contributed by atoms with Crippen molar-refractivity contribution in [3.8, 4) is 11.1 Å². The molecule has 3 aliphatic rings. The minimum Gasteiger partial charge on any atom is -0.324 e. The Bertz CT molecular complexity index is 691. The number of rotatable bonds is 0. The van der Waals surface area contributed by atoms with Crippen molar-refractivity contribution in [2.45, 2.75) is 4.90 Å². The number of nitrogens with one attached hydrogen (secondary N) is 1. The van der Waals surface area contributed by atoms with E-state index in [2.05, 4.69) is 5.32 Å². The van der Waals surface area contributed by atoms with Crippen LogP contribution < -0.4 is 5.32 Å². The normalized spacial score (nSPS) is 17.5. The highest BCUT2D eigenvalue weighted by Crippen LogP contribution is 2.42. The van der Waals surface area contributed by atoms with Crippen LogP contribution in [0.2, 0.25) is 0 Å². The van der Waals surface area contributed by atoms with Gasteiger partial charge in [0.15, 0.2) is 9.84 Å². The first-order valence-electron chi connectivity index (χ1n) is 5.12.